The number of aromatic nitrogens is 3. The molecule has 10 heteroatoms. The van der Waals surface area contributed by atoms with Crippen molar-refractivity contribution in [1.29, 1.82) is 0 Å². The summed E-state index contributed by atoms with van der Waals surface area (Å²) in [7, 11) is 0. The summed E-state index contributed by atoms with van der Waals surface area (Å²) < 4.78 is 0. The van der Waals surface area contributed by atoms with Crippen molar-refractivity contribution in [2.45, 2.75) is 13.3 Å². The van der Waals surface area contributed by atoms with E-state index in [4.69, 9.17) is 11.6 Å². The van der Waals surface area contributed by atoms with Gasteiger partial charge in [0.05, 0.1) is 5.92 Å². The van der Waals surface area contributed by atoms with Gasteiger partial charge in [-0.1, -0.05) is 17.7 Å². The second-order valence-corrected chi connectivity index (χ2v) is 9.13. The van der Waals surface area contributed by atoms with Crippen LogP contribution in [0.2, 0.25) is 5.02 Å². The van der Waals surface area contributed by atoms with E-state index in [-0.39, 0.29) is 24.2 Å². The molecule has 9 nitrogen and oxygen atoms in total. The van der Waals surface area contributed by atoms with E-state index >= 15 is 0 Å². The molecule has 0 saturated carbocycles. The van der Waals surface area contributed by atoms with Crippen LogP contribution in [0.3, 0.4) is 0 Å². The molecule has 2 aliphatic heterocycles. The Morgan fingerprint density at radius 1 is 1.03 bits per heavy atom. The number of carbonyl (C=O) groups excluding carboxylic acids is 2. The van der Waals surface area contributed by atoms with Crippen molar-refractivity contribution in [1.82, 2.24) is 19.9 Å². The maximum absolute atomic E-state index is 13.2. The first-order chi connectivity index (χ1) is 17.0. The Morgan fingerprint density at radius 3 is 2.51 bits per heavy atom. The quantitative estimate of drug-likeness (QED) is 0.585. The maximum atomic E-state index is 13.2. The summed E-state index contributed by atoms with van der Waals surface area (Å²) in [6.45, 7) is 4.73. The Labute approximate surface area is 208 Å². The lowest BCUT2D eigenvalue weighted by Gasteiger charge is -2.36. The zero-order chi connectivity index (χ0) is 24.4. The lowest BCUT2D eigenvalue weighted by Crippen LogP contribution is -2.51. The molecule has 1 unspecified atom stereocenters. The third-order valence-electron chi connectivity index (χ3n) is 6.27. The molecule has 2 aromatic heterocycles. The van der Waals surface area contributed by atoms with Crippen LogP contribution in [0.4, 0.5) is 23.1 Å². The smallest absolute Gasteiger partial charge is 0.228 e. The molecule has 3 aromatic rings. The van der Waals surface area contributed by atoms with Crippen molar-refractivity contribution in [3.63, 3.8) is 0 Å². The third-order valence-corrected chi connectivity index (χ3v) is 6.53. The van der Waals surface area contributed by atoms with Gasteiger partial charge in [0.2, 0.25) is 11.8 Å². The number of nitrogens with one attached hydrogen (secondary N) is 1. The summed E-state index contributed by atoms with van der Waals surface area (Å²) in [5.74, 6) is 2.53. The van der Waals surface area contributed by atoms with E-state index in [2.05, 4.69) is 25.2 Å². The van der Waals surface area contributed by atoms with Gasteiger partial charge in [0.15, 0.2) is 0 Å². The molecule has 2 aliphatic rings. The van der Waals surface area contributed by atoms with Gasteiger partial charge in [-0.05, 0) is 43.3 Å². The standard InChI is InChI=1S/C25H26ClN7O2/c1-17-28-22(30-21-4-2-3-9-27-21)15-23(29-17)31-10-12-32(13-11-31)25(35)18-14-24(34)33(16-18)20-7-5-19(26)6-8-20/h2-9,15,18H,10-14,16H2,1H3,(H,27,28,29,30). The number of hydrogen-bond donors (Lipinski definition) is 1. The molecule has 2 saturated heterocycles. The number of benzene rings is 1. The Bertz CT molecular complexity index is 1210. The average molecular weight is 492 g/mol. The molecule has 2 fully saturated rings. The van der Waals surface area contributed by atoms with Crippen LogP contribution in [-0.2, 0) is 9.59 Å². The Hall–Kier alpha value is -3.72. The van der Waals surface area contributed by atoms with Crippen LogP contribution >= 0.6 is 11.6 Å². The minimum Gasteiger partial charge on any atom is -0.353 e. The Morgan fingerprint density at radius 2 is 1.80 bits per heavy atom. The second-order valence-electron chi connectivity index (χ2n) is 8.69. The number of carbonyl (C=O) groups is 2. The SMILES string of the molecule is Cc1nc(Nc2ccccn2)cc(N2CCN(C(=O)C3CC(=O)N(c4ccc(Cl)cc4)C3)CC2)n1. The second kappa shape index (κ2) is 9.87. The summed E-state index contributed by atoms with van der Waals surface area (Å²) in [4.78, 5) is 44.8. The number of aryl methyl sites for hydroxylation is 1. The number of halogens is 1. The van der Waals surface area contributed by atoms with E-state index in [1.165, 1.54) is 0 Å². The molecule has 4 heterocycles. The van der Waals surface area contributed by atoms with Gasteiger partial charge in [-0.15, -0.1) is 0 Å². The highest BCUT2D eigenvalue weighted by atomic mass is 35.5. The molecule has 0 radical (unpaired) electrons. The molecule has 1 atom stereocenters. The number of anilines is 4. The fourth-order valence-electron chi connectivity index (χ4n) is 4.50. The van der Waals surface area contributed by atoms with Gasteiger partial charge in [-0.25, -0.2) is 15.0 Å². The molecular weight excluding hydrogens is 466 g/mol. The van der Waals surface area contributed by atoms with E-state index in [0.717, 1.165) is 11.5 Å². The topological polar surface area (TPSA) is 94.6 Å². The molecule has 1 aromatic carbocycles. The predicted molar refractivity (Wildman–Crippen MR) is 135 cm³/mol. The van der Waals surface area contributed by atoms with Gasteiger partial charge in [-0.3, -0.25) is 9.59 Å². The zero-order valence-electron chi connectivity index (χ0n) is 19.4. The molecule has 35 heavy (non-hydrogen) atoms. The first-order valence-corrected chi connectivity index (χ1v) is 12.0. The fraction of sp³-hybridized carbons (Fsp3) is 0.320. The number of pyridine rings is 1. The highest BCUT2D eigenvalue weighted by Crippen LogP contribution is 2.28. The number of nitrogens with zero attached hydrogens (tertiary/aromatic N) is 6. The van der Waals surface area contributed by atoms with E-state index in [1.54, 1.807) is 23.2 Å². The largest absolute Gasteiger partial charge is 0.353 e. The van der Waals surface area contributed by atoms with Gasteiger partial charge in [0, 0.05) is 62.1 Å². The molecule has 180 valence electrons. The third kappa shape index (κ3) is 5.19. The van der Waals surface area contributed by atoms with Crippen LogP contribution in [0.1, 0.15) is 12.2 Å². The van der Waals surface area contributed by atoms with E-state index in [9.17, 15) is 9.59 Å². The van der Waals surface area contributed by atoms with Gasteiger partial charge >= 0.3 is 0 Å². The highest BCUT2D eigenvalue weighted by molar-refractivity contribution is 6.30. The molecular formula is C25H26ClN7O2. The van der Waals surface area contributed by atoms with Crippen LogP contribution in [0.25, 0.3) is 0 Å². The Kier molecular flexibility index (Phi) is 6.50. The minimum atomic E-state index is -0.333. The van der Waals surface area contributed by atoms with Crippen molar-refractivity contribution in [2.75, 3.05) is 47.8 Å². The molecule has 0 aliphatic carbocycles. The first-order valence-electron chi connectivity index (χ1n) is 11.6. The van der Waals surface area contributed by atoms with Gasteiger partial charge in [0.1, 0.15) is 23.3 Å². The van der Waals surface area contributed by atoms with Crippen LogP contribution in [-0.4, -0.2) is 64.4 Å². The molecule has 0 spiro atoms. The summed E-state index contributed by atoms with van der Waals surface area (Å²) in [5.41, 5.74) is 0.772. The number of rotatable bonds is 5. The lowest BCUT2D eigenvalue weighted by atomic mass is 10.1. The summed E-state index contributed by atoms with van der Waals surface area (Å²) >= 11 is 5.96. The molecule has 2 amide bonds. The fourth-order valence-corrected chi connectivity index (χ4v) is 4.63. The van der Waals surface area contributed by atoms with Crippen molar-refractivity contribution in [3.8, 4) is 0 Å². The lowest BCUT2D eigenvalue weighted by molar-refractivity contribution is -0.136. The number of amides is 2. The summed E-state index contributed by atoms with van der Waals surface area (Å²) in [6.07, 6.45) is 1.95. The first kappa shape index (κ1) is 23.0. The van der Waals surface area contributed by atoms with Gasteiger partial charge < -0.3 is 20.0 Å². The van der Waals surface area contributed by atoms with Crippen LogP contribution < -0.4 is 15.1 Å². The number of hydrogen-bond acceptors (Lipinski definition) is 7. The maximum Gasteiger partial charge on any atom is 0.228 e. The van der Waals surface area contributed by atoms with Crippen LogP contribution in [0.15, 0.2) is 54.7 Å². The van der Waals surface area contributed by atoms with Crippen molar-refractivity contribution in [2.24, 2.45) is 5.92 Å². The number of piperazine rings is 1. The van der Waals surface area contributed by atoms with Gasteiger partial charge in [-0.2, -0.15) is 0 Å². The predicted octanol–water partition coefficient (Wildman–Crippen LogP) is 3.28. The Balaban J connectivity index is 1.20. The monoisotopic (exact) mass is 491 g/mol. The molecule has 5 rings (SSSR count). The van der Waals surface area contributed by atoms with E-state index in [1.807, 2.05) is 48.2 Å². The van der Waals surface area contributed by atoms with E-state index in [0.29, 0.717) is 55.2 Å². The zero-order valence-corrected chi connectivity index (χ0v) is 20.1. The minimum absolute atomic E-state index is 0.0332. The normalized spacial score (nSPS) is 18.2. The summed E-state index contributed by atoms with van der Waals surface area (Å²) in [6, 6.07) is 14.7. The van der Waals surface area contributed by atoms with Crippen molar-refractivity contribution in [3.05, 3.63) is 65.6 Å². The van der Waals surface area contributed by atoms with E-state index < -0.39 is 0 Å². The van der Waals surface area contributed by atoms with Crippen LogP contribution in [0.5, 0.6) is 0 Å². The van der Waals surface area contributed by atoms with Crippen molar-refractivity contribution >= 4 is 46.6 Å². The van der Waals surface area contributed by atoms with Gasteiger partial charge in [0.25, 0.3) is 0 Å². The van der Waals surface area contributed by atoms with Crippen LogP contribution in [0, 0.1) is 12.8 Å². The molecule has 0 bridgehead atoms. The average Bonchev–Trinajstić information content (AvgIpc) is 3.26. The highest BCUT2D eigenvalue weighted by Gasteiger charge is 2.38. The molecule has 1 N–H and O–H groups in total. The summed E-state index contributed by atoms with van der Waals surface area (Å²) in [5, 5.41) is 3.83. The van der Waals surface area contributed by atoms with Crippen molar-refractivity contribution < 1.29 is 9.59 Å².